The van der Waals surface area contributed by atoms with Crippen molar-refractivity contribution in [2.45, 2.75) is 62.6 Å². The SMILES string of the molecule is C[C@@H](CC(=O)N[S@@](=O)c1cccs1)O[Si](C)(C)C(C)(C)C. The number of nitrogens with one attached hydrogen (secondary N) is 1. The zero-order valence-corrected chi connectivity index (χ0v) is 16.2. The van der Waals surface area contributed by atoms with E-state index in [9.17, 15) is 9.00 Å². The molecule has 21 heavy (non-hydrogen) atoms. The molecule has 1 amide bonds. The Labute approximate surface area is 135 Å². The molecule has 0 radical (unpaired) electrons. The van der Waals surface area contributed by atoms with Gasteiger partial charge in [-0.25, -0.2) is 4.21 Å². The van der Waals surface area contributed by atoms with Crippen LogP contribution in [0.5, 0.6) is 0 Å². The maximum Gasteiger partial charge on any atom is 0.234 e. The van der Waals surface area contributed by atoms with Crippen molar-refractivity contribution in [2.24, 2.45) is 0 Å². The highest BCUT2D eigenvalue weighted by Gasteiger charge is 2.38. The van der Waals surface area contributed by atoms with Gasteiger partial charge in [-0.2, -0.15) is 0 Å². The van der Waals surface area contributed by atoms with E-state index in [2.05, 4.69) is 38.6 Å². The first-order valence-corrected chi connectivity index (χ1v) is 11.9. The lowest BCUT2D eigenvalue weighted by atomic mass is 10.2. The van der Waals surface area contributed by atoms with Gasteiger partial charge < -0.3 is 4.43 Å². The van der Waals surface area contributed by atoms with Crippen LogP contribution in [0, 0.1) is 0 Å². The molecule has 0 saturated carbocycles. The van der Waals surface area contributed by atoms with Gasteiger partial charge in [0.25, 0.3) is 0 Å². The van der Waals surface area contributed by atoms with Gasteiger partial charge in [0, 0.05) is 0 Å². The quantitative estimate of drug-likeness (QED) is 0.799. The summed E-state index contributed by atoms with van der Waals surface area (Å²) < 4.78 is 21.2. The summed E-state index contributed by atoms with van der Waals surface area (Å²) in [6.45, 7) is 12.7. The summed E-state index contributed by atoms with van der Waals surface area (Å²) in [5, 5.41) is 1.94. The summed E-state index contributed by atoms with van der Waals surface area (Å²) >= 11 is 1.37. The maximum atomic E-state index is 11.9. The second-order valence-corrected chi connectivity index (χ2v) is 13.8. The summed E-state index contributed by atoms with van der Waals surface area (Å²) in [5.74, 6) is -0.243. The molecule has 0 unspecified atom stereocenters. The van der Waals surface area contributed by atoms with E-state index in [1.807, 2.05) is 18.4 Å². The Bertz CT molecular complexity index is 495. The second-order valence-electron chi connectivity index (χ2n) is 6.62. The second kappa shape index (κ2) is 7.17. The van der Waals surface area contributed by atoms with E-state index in [-0.39, 0.29) is 23.5 Å². The molecule has 1 rings (SSSR count). The summed E-state index contributed by atoms with van der Waals surface area (Å²) in [6.07, 6.45) is 0.0510. The van der Waals surface area contributed by atoms with Crippen molar-refractivity contribution >= 4 is 36.5 Å². The van der Waals surface area contributed by atoms with Crippen LogP contribution in [0.3, 0.4) is 0 Å². The highest BCUT2D eigenvalue weighted by atomic mass is 32.2. The summed E-state index contributed by atoms with van der Waals surface area (Å²) in [4.78, 5) is 11.9. The highest BCUT2D eigenvalue weighted by molar-refractivity contribution is 7.86. The normalized spacial score (nSPS) is 15.5. The van der Waals surface area contributed by atoms with Crippen molar-refractivity contribution < 1.29 is 13.4 Å². The zero-order chi connectivity index (χ0) is 16.3. The third-order valence-corrected chi connectivity index (χ3v) is 10.6. The van der Waals surface area contributed by atoms with Gasteiger partial charge in [-0.15, -0.1) is 11.3 Å². The average Bonchev–Trinajstić information content (AvgIpc) is 2.78. The molecule has 0 bridgehead atoms. The Hall–Kier alpha value is -0.503. The third kappa shape index (κ3) is 5.65. The minimum absolute atomic E-state index is 0.109. The van der Waals surface area contributed by atoms with Crippen LogP contribution in [-0.4, -0.2) is 24.5 Å². The first kappa shape index (κ1) is 18.5. The molecule has 2 atom stereocenters. The molecule has 0 saturated heterocycles. The van der Waals surface area contributed by atoms with E-state index in [1.165, 1.54) is 11.3 Å². The molecule has 0 aromatic carbocycles. The first-order chi connectivity index (χ1) is 9.53. The molecule has 1 N–H and O–H groups in total. The van der Waals surface area contributed by atoms with Gasteiger partial charge in [-0.3, -0.25) is 9.52 Å². The topological polar surface area (TPSA) is 55.4 Å². The summed E-state index contributed by atoms with van der Waals surface area (Å²) in [7, 11) is -3.35. The maximum absolute atomic E-state index is 11.9. The number of hydrogen-bond acceptors (Lipinski definition) is 4. The van der Waals surface area contributed by atoms with Crippen LogP contribution < -0.4 is 4.72 Å². The van der Waals surface area contributed by atoms with Gasteiger partial charge in [0.15, 0.2) is 19.3 Å². The van der Waals surface area contributed by atoms with Crippen molar-refractivity contribution in [3.05, 3.63) is 17.5 Å². The van der Waals surface area contributed by atoms with E-state index in [1.54, 1.807) is 6.07 Å². The monoisotopic (exact) mass is 347 g/mol. The van der Waals surface area contributed by atoms with E-state index in [0.717, 1.165) is 0 Å². The van der Waals surface area contributed by atoms with Crippen molar-refractivity contribution in [2.75, 3.05) is 0 Å². The van der Waals surface area contributed by atoms with E-state index in [0.29, 0.717) is 4.21 Å². The van der Waals surface area contributed by atoms with Gasteiger partial charge in [0.2, 0.25) is 5.91 Å². The lowest BCUT2D eigenvalue weighted by Crippen LogP contribution is -2.44. The van der Waals surface area contributed by atoms with E-state index in [4.69, 9.17) is 4.43 Å². The Balaban J connectivity index is 2.50. The Morgan fingerprint density at radius 2 is 2.10 bits per heavy atom. The number of hydrogen-bond donors (Lipinski definition) is 1. The molecule has 7 heteroatoms. The molecule has 0 aliphatic carbocycles. The minimum atomic E-state index is -1.88. The molecule has 0 fully saturated rings. The molecule has 0 spiro atoms. The third-order valence-electron chi connectivity index (χ3n) is 3.66. The van der Waals surface area contributed by atoms with Gasteiger partial charge in [-0.1, -0.05) is 26.8 Å². The minimum Gasteiger partial charge on any atom is -0.414 e. The molecule has 4 nitrogen and oxygen atoms in total. The van der Waals surface area contributed by atoms with Crippen LogP contribution in [0.4, 0.5) is 0 Å². The summed E-state index contributed by atoms with van der Waals surface area (Å²) in [5.41, 5.74) is 0. The molecule has 120 valence electrons. The summed E-state index contributed by atoms with van der Waals surface area (Å²) in [6, 6.07) is 3.56. The molecule has 1 aromatic rings. The van der Waals surface area contributed by atoms with Crippen LogP contribution in [0.25, 0.3) is 0 Å². The Morgan fingerprint density at radius 3 is 2.57 bits per heavy atom. The number of carbonyl (C=O) groups excluding carboxylic acids is 1. The highest BCUT2D eigenvalue weighted by Crippen LogP contribution is 2.37. The van der Waals surface area contributed by atoms with Crippen molar-refractivity contribution in [1.29, 1.82) is 0 Å². The predicted molar refractivity (Wildman–Crippen MR) is 91.2 cm³/mol. The van der Waals surface area contributed by atoms with Crippen LogP contribution in [0.15, 0.2) is 21.7 Å². The number of thiophene rings is 1. The van der Waals surface area contributed by atoms with Crippen LogP contribution in [-0.2, 0) is 20.2 Å². The van der Waals surface area contributed by atoms with Crippen LogP contribution >= 0.6 is 11.3 Å². The first-order valence-electron chi connectivity index (χ1n) is 6.95. The zero-order valence-electron chi connectivity index (χ0n) is 13.6. The lowest BCUT2D eigenvalue weighted by Gasteiger charge is -2.38. The number of rotatable bonds is 6. The lowest BCUT2D eigenvalue weighted by molar-refractivity contribution is -0.120. The van der Waals surface area contributed by atoms with Gasteiger partial charge in [-0.05, 0) is 36.5 Å². The molecule has 0 aliphatic rings. The van der Waals surface area contributed by atoms with Crippen molar-refractivity contribution in [1.82, 2.24) is 4.72 Å². The number of amides is 1. The predicted octanol–water partition coefficient (Wildman–Crippen LogP) is 3.69. The molecule has 0 aliphatic heterocycles. The Morgan fingerprint density at radius 1 is 1.48 bits per heavy atom. The Kier molecular flexibility index (Phi) is 6.33. The van der Waals surface area contributed by atoms with Crippen molar-refractivity contribution in [3.8, 4) is 0 Å². The fraction of sp³-hybridized carbons (Fsp3) is 0.643. The smallest absolute Gasteiger partial charge is 0.234 e. The van der Waals surface area contributed by atoms with Crippen molar-refractivity contribution in [3.63, 3.8) is 0 Å². The molecular weight excluding hydrogens is 322 g/mol. The van der Waals surface area contributed by atoms with Crippen LogP contribution in [0.1, 0.15) is 34.1 Å². The standard InChI is InChI=1S/C14H25NO3S2Si/c1-11(18-21(5,6)14(2,3)4)10-12(16)15-20(17)13-8-7-9-19-13/h7-9,11H,10H2,1-6H3,(H,15,16)/t11-,20-/m0/s1. The molecular formula is C14H25NO3S2Si. The van der Waals surface area contributed by atoms with Gasteiger partial charge in [0.1, 0.15) is 4.21 Å². The van der Waals surface area contributed by atoms with E-state index < -0.39 is 19.3 Å². The van der Waals surface area contributed by atoms with Crippen LogP contribution in [0.2, 0.25) is 18.1 Å². The fourth-order valence-corrected chi connectivity index (χ4v) is 4.67. The van der Waals surface area contributed by atoms with Gasteiger partial charge in [0.05, 0.1) is 12.5 Å². The van der Waals surface area contributed by atoms with E-state index >= 15 is 0 Å². The largest absolute Gasteiger partial charge is 0.414 e. The molecule has 1 aromatic heterocycles. The average molecular weight is 348 g/mol. The number of carbonyl (C=O) groups is 1. The molecule has 1 heterocycles. The fourth-order valence-electron chi connectivity index (χ4n) is 1.55. The van der Waals surface area contributed by atoms with Gasteiger partial charge >= 0.3 is 0 Å².